The average molecular weight is 347 g/mol. The second-order valence-corrected chi connectivity index (χ2v) is 8.17. The fraction of sp³-hybridized carbons (Fsp3) is 0.278. The molecule has 0 spiro atoms. The molecule has 0 aliphatic rings. The summed E-state index contributed by atoms with van der Waals surface area (Å²) in [6.07, 6.45) is 0.976. The Labute approximate surface area is 142 Å². The van der Waals surface area contributed by atoms with Crippen molar-refractivity contribution in [2.45, 2.75) is 26.2 Å². The topological polar surface area (TPSA) is 72.5 Å². The van der Waals surface area contributed by atoms with Gasteiger partial charge in [-0.3, -0.25) is 4.79 Å². The maximum absolute atomic E-state index is 12.3. The molecule has 24 heavy (non-hydrogen) atoms. The minimum atomic E-state index is -3.56. The van der Waals surface area contributed by atoms with E-state index in [0.717, 1.165) is 11.8 Å². The van der Waals surface area contributed by atoms with Crippen molar-refractivity contribution in [2.75, 3.05) is 11.6 Å². The average Bonchev–Trinajstić information content (AvgIpc) is 2.47. The molecule has 6 heteroatoms. The van der Waals surface area contributed by atoms with Gasteiger partial charge in [0, 0.05) is 11.3 Å². The molecule has 0 radical (unpaired) electrons. The first kappa shape index (κ1) is 18.0. The van der Waals surface area contributed by atoms with Gasteiger partial charge in [0.1, 0.15) is 5.75 Å². The van der Waals surface area contributed by atoms with E-state index in [1.54, 1.807) is 24.3 Å². The van der Waals surface area contributed by atoms with E-state index in [4.69, 9.17) is 4.18 Å². The number of rotatable bonds is 4. The lowest BCUT2D eigenvalue weighted by Gasteiger charge is -2.19. The molecule has 2 aromatic carbocycles. The summed E-state index contributed by atoms with van der Waals surface area (Å²) in [5.41, 5.74) is 2.30. The highest BCUT2D eigenvalue weighted by Gasteiger charge is 2.14. The van der Waals surface area contributed by atoms with Crippen LogP contribution in [-0.4, -0.2) is 20.6 Å². The van der Waals surface area contributed by atoms with Crippen molar-refractivity contribution in [1.29, 1.82) is 0 Å². The van der Waals surface area contributed by atoms with Crippen LogP contribution in [0, 0.1) is 0 Å². The molecular formula is C18H21NO4S. The van der Waals surface area contributed by atoms with Gasteiger partial charge >= 0.3 is 10.1 Å². The molecule has 0 atom stereocenters. The smallest absolute Gasteiger partial charge is 0.306 e. The van der Waals surface area contributed by atoms with Crippen molar-refractivity contribution < 1.29 is 17.4 Å². The van der Waals surface area contributed by atoms with Gasteiger partial charge in [-0.15, -0.1) is 0 Å². The summed E-state index contributed by atoms with van der Waals surface area (Å²) < 4.78 is 26.9. The summed E-state index contributed by atoms with van der Waals surface area (Å²) in [6.45, 7) is 6.34. The van der Waals surface area contributed by atoms with Crippen LogP contribution in [0.2, 0.25) is 0 Å². The summed E-state index contributed by atoms with van der Waals surface area (Å²) in [4.78, 5) is 12.3. The van der Waals surface area contributed by atoms with Crippen LogP contribution in [0.4, 0.5) is 5.69 Å². The van der Waals surface area contributed by atoms with Crippen LogP contribution < -0.4 is 9.50 Å². The molecule has 0 aliphatic heterocycles. The molecule has 0 saturated heterocycles. The van der Waals surface area contributed by atoms with Crippen LogP contribution in [-0.2, 0) is 15.5 Å². The highest BCUT2D eigenvalue weighted by Crippen LogP contribution is 2.23. The first-order chi connectivity index (χ1) is 11.0. The maximum atomic E-state index is 12.3. The summed E-state index contributed by atoms with van der Waals surface area (Å²) in [5, 5.41) is 2.76. The number of hydrogen-bond acceptors (Lipinski definition) is 4. The van der Waals surface area contributed by atoms with E-state index in [1.165, 1.54) is 12.1 Å². The van der Waals surface area contributed by atoms with Crippen LogP contribution in [0.5, 0.6) is 5.75 Å². The molecule has 1 amide bonds. The predicted octanol–water partition coefficient (Wildman–Crippen LogP) is 3.57. The molecule has 128 valence electrons. The number of carbonyl (C=O) groups excluding carboxylic acids is 1. The first-order valence-electron chi connectivity index (χ1n) is 7.46. The Morgan fingerprint density at radius 3 is 1.96 bits per heavy atom. The third kappa shape index (κ3) is 5.09. The van der Waals surface area contributed by atoms with E-state index in [-0.39, 0.29) is 17.1 Å². The molecule has 0 aliphatic carbocycles. The minimum Gasteiger partial charge on any atom is -0.383 e. The van der Waals surface area contributed by atoms with Crippen molar-refractivity contribution in [1.82, 2.24) is 0 Å². The molecule has 0 saturated carbocycles. The minimum absolute atomic E-state index is 0.0322. The number of amides is 1. The number of carbonyl (C=O) groups is 1. The van der Waals surface area contributed by atoms with Crippen molar-refractivity contribution in [2.24, 2.45) is 0 Å². The highest BCUT2D eigenvalue weighted by atomic mass is 32.2. The summed E-state index contributed by atoms with van der Waals surface area (Å²) in [5.74, 6) is -0.0303. The van der Waals surface area contributed by atoms with Gasteiger partial charge in [-0.05, 0) is 47.4 Å². The molecule has 0 fully saturated rings. The summed E-state index contributed by atoms with van der Waals surface area (Å²) in [7, 11) is -3.56. The van der Waals surface area contributed by atoms with Gasteiger partial charge < -0.3 is 9.50 Å². The van der Waals surface area contributed by atoms with Gasteiger partial charge in [-0.2, -0.15) is 8.42 Å². The highest BCUT2D eigenvalue weighted by molar-refractivity contribution is 7.86. The second-order valence-electron chi connectivity index (χ2n) is 6.59. The zero-order valence-corrected chi connectivity index (χ0v) is 15.0. The Bertz CT molecular complexity index is 817. The fourth-order valence-electron chi connectivity index (χ4n) is 2.09. The van der Waals surface area contributed by atoms with Gasteiger partial charge in [0.15, 0.2) is 0 Å². The normalized spacial score (nSPS) is 11.8. The van der Waals surface area contributed by atoms with Crippen molar-refractivity contribution in [3.8, 4) is 5.75 Å². The van der Waals surface area contributed by atoms with E-state index in [2.05, 4.69) is 26.1 Å². The molecule has 0 unspecified atom stereocenters. The van der Waals surface area contributed by atoms with Crippen molar-refractivity contribution in [3.63, 3.8) is 0 Å². The lowest BCUT2D eigenvalue weighted by atomic mass is 9.87. The second kappa shape index (κ2) is 6.65. The van der Waals surface area contributed by atoms with Crippen LogP contribution in [0.25, 0.3) is 0 Å². The molecule has 0 heterocycles. The first-order valence-corrected chi connectivity index (χ1v) is 9.28. The third-order valence-corrected chi connectivity index (χ3v) is 3.87. The Kier molecular flexibility index (Phi) is 4.99. The van der Waals surface area contributed by atoms with E-state index >= 15 is 0 Å². The monoisotopic (exact) mass is 347 g/mol. The van der Waals surface area contributed by atoms with Crippen molar-refractivity contribution in [3.05, 3.63) is 59.7 Å². The zero-order chi connectivity index (χ0) is 18.0. The van der Waals surface area contributed by atoms with Gasteiger partial charge in [-0.1, -0.05) is 32.9 Å². The standard InChI is InChI=1S/C18H21NO4S/c1-18(2,3)14-7-5-13(6-8-14)17(20)19-15-9-11-16(12-10-15)23-24(4,21)22/h5-12H,1-4H3,(H,19,20). The van der Waals surface area contributed by atoms with Crippen LogP contribution in [0.15, 0.2) is 48.5 Å². The van der Waals surface area contributed by atoms with Crippen LogP contribution in [0.3, 0.4) is 0 Å². The molecule has 2 aromatic rings. The molecule has 5 nitrogen and oxygen atoms in total. The number of anilines is 1. The number of nitrogens with one attached hydrogen (secondary N) is 1. The molecule has 2 rings (SSSR count). The number of benzene rings is 2. The summed E-state index contributed by atoms with van der Waals surface area (Å²) in [6, 6.07) is 13.6. The zero-order valence-electron chi connectivity index (χ0n) is 14.2. The van der Waals surface area contributed by atoms with E-state index in [1.807, 2.05) is 12.1 Å². The van der Waals surface area contributed by atoms with Crippen LogP contribution in [0.1, 0.15) is 36.7 Å². The fourth-order valence-corrected chi connectivity index (χ4v) is 2.55. The van der Waals surface area contributed by atoms with Crippen LogP contribution >= 0.6 is 0 Å². The van der Waals surface area contributed by atoms with Gasteiger partial charge in [-0.25, -0.2) is 0 Å². The molecule has 1 N–H and O–H groups in total. The molecule has 0 bridgehead atoms. The van der Waals surface area contributed by atoms with Gasteiger partial charge in [0.25, 0.3) is 5.91 Å². The maximum Gasteiger partial charge on any atom is 0.306 e. The quantitative estimate of drug-likeness (QED) is 0.858. The van der Waals surface area contributed by atoms with Gasteiger partial charge in [0.2, 0.25) is 0 Å². The Morgan fingerprint density at radius 1 is 0.958 bits per heavy atom. The molecule has 0 aromatic heterocycles. The Morgan fingerprint density at radius 2 is 1.50 bits per heavy atom. The van der Waals surface area contributed by atoms with Crippen molar-refractivity contribution >= 4 is 21.7 Å². The third-order valence-electron chi connectivity index (χ3n) is 3.37. The Hall–Kier alpha value is -2.34. The lowest BCUT2D eigenvalue weighted by Crippen LogP contribution is -2.14. The lowest BCUT2D eigenvalue weighted by molar-refractivity contribution is 0.102. The SMILES string of the molecule is CC(C)(C)c1ccc(C(=O)Nc2ccc(OS(C)(=O)=O)cc2)cc1. The molecular weight excluding hydrogens is 326 g/mol. The van der Waals surface area contributed by atoms with E-state index < -0.39 is 10.1 Å². The largest absolute Gasteiger partial charge is 0.383 e. The Balaban J connectivity index is 2.07. The van der Waals surface area contributed by atoms with E-state index in [0.29, 0.717) is 11.3 Å². The number of hydrogen-bond donors (Lipinski definition) is 1. The predicted molar refractivity (Wildman–Crippen MR) is 95.0 cm³/mol. The van der Waals surface area contributed by atoms with E-state index in [9.17, 15) is 13.2 Å². The summed E-state index contributed by atoms with van der Waals surface area (Å²) >= 11 is 0. The van der Waals surface area contributed by atoms with Gasteiger partial charge in [0.05, 0.1) is 6.26 Å².